The first-order valence-electron chi connectivity index (χ1n) is 12.3. The molecule has 194 valence electrons. The summed E-state index contributed by atoms with van der Waals surface area (Å²) in [6.45, 7) is 3.06. The van der Waals surface area contributed by atoms with E-state index in [0.717, 1.165) is 37.7 Å². The zero-order valence-electron chi connectivity index (χ0n) is 21.0. The summed E-state index contributed by atoms with van der Waals surface area (Å²) in [7, 11) is 1.72. The summed E-state index contributed by atoms with van der Waals surface area (Å²) >= 11 is 1.31. The number of aliphatic imine (C=N–C) groups is 1. The fourth-order valence-electron chi connectivity index (χ4n) is 4.06. The Balaban J connectivity index is 1.26. The largest absolute Gasteiger partial charge is 0.483 e. The molecular weight excluding hydrogens is 500 g/mol. The molecule has 0 saturated carbocycles. The van der Waals surface area contributed by atoms with Gasteiger partial charge in [-0.25, -0.2) is 4.99 Å². The van der Waals surface area contributed by atoms with Crippen LogP contribution in [0.25, 0.3) is 6.08 Å². The number of nitrogens with zero attached hydrogens (tertiary/aromatic N) is 3. The highest BCUT2D eigenvalue weighted by Gasteiger charge is 2.30. The summed E-state index contributed by atoms with van der Waals surface area (Å²) in [6.07, 6.45) is 1.78. The zero-order chi connectivity index (χ0) is 26.3. The van der Waals surface area contributed by atoms with Crippen molar-refractivity contribution in [3.63, 3.8) is 0 Å². The van der Waals surface area contributed by atoms with Crippen molar-refractivity contribution in [2.75, 3.05) is 50.2 Å². The highest BCUT2D eigenvalue weighted by atomic mass is 32.2. The van der Waals surface area contributed by atoms with Crippen molar-refractivity contribution in [2.24, 2.45) is 4.99 Å². The molecule has 5 rings (SSSR count). The number of morpholine rings is 1. The number of rotatable bonds is 7. The number of nitrogens with one attached hydrogen (secondary N) is 1. The number of amides is 2. The van der Waals surface area contributed by atoms with Crippen LogP contribution in [0.4, 0.5) is 17.1 Å². The second-order valence-corrected chi connectivity index (χ2v) is 9.73. The van der Waals surface area contributed by atoms with Crippen LogP contribution < -0.4 is 15.0 Å². The molecule has 1 N–H and O–H groups in total. The number of carbonyl (C=O) groups is 2. The topological polar surface area (TPSA) is 83.5 Å². The Hall–Kier alpha value is -4.08. The van der Waals surface area contributed by atoms with Crippen LogP contribution >= 0.6 is 11.8 Å². The molecule has 9 heteroatoms. The molecule has 0 bridgehead atoms. The molecule has 3 aromatic rings. The van der Waals surface area contributed by atoms with Crippen LogP contribution in [-0.4, -0.2) is 61.8 Å². The van der Waals surface area contributed by atoms with Crippen molar-refractivity contribution >= 4 is 51.9 Å². The maximum absolute atomic E-state index is 13.0. The minimum Gasteiger partial charge on any atom is -0.483 e. The highest BCUT2D eigenvalue weighted by molar-refractivity contribution is 8.18. The summed E-state index contributed by atoms with van der Waals surface area (Å²) in [4.78, 5) is 34.4. The second kappa shape index (κ2) is 12.0. The first-order chi connectivity index (χ1) is 18.6. The van der Waals surface area contributed by atoms with E-state index in [9.17, 15) is 9.59 Å². The number of hydrogen-bond acceptors (Lipinski definition) is 7. The van der Waals surface area contributed by atoms with Gasteiger partial charge in [-0.2, -0.15) is 0 Å². The maximum Gasteiger partial charge on any atom is 0.266 e. The summed E-state index contributed by atoms with van der Waals surface area (Å²) in [6, 6.07) is 24.5. The van der Waals surface area contributed by atoms with Crippen LogP contribution in [0.2, 0.25) is 0 Å². The first kappa shape index (κ1) is 25.6. The molecule has 0 spiro atoms. The fraction of sp³-hybridized carbons (Fsp3) is 0.207. The molecule has 2 heterocycles. The smallest absolute Gasteiger partial charge is 0.266 e. The number of carbonyl (C=O) groups excluding carboxylic acids is 2. The molecule has 2 fully saturated rings. The summed E-state index contributed by atoms with van der Waals surface area (Å²) in [5, 5.41) is 3.40. The number of amidine groups is 1. The average Bonchev–Trinajstić information content (AvgIpc) is 3.21. The van der Waals surface area contributed by atoms with E-state index < -0.39 is 0 Å². The number of ether oxygens (including phenoxy) is 2. The lowest BCUT2D eigenvalue weighted by Gasteiger charge is -2.28. The van der Waals surface area contributed by atoms with Gasteiger partial charge in [0, 0.05) is 37.1 Å². The number of hydrogen-bond donors (Lipinski definition) is 1. The Morgan fingerprint density at radius 1 is 1.03 bits per heavy atom. The fourth-order valence-corrected chi connectivity index (χ4v) is 5.03. The van der Waals surface area contributed by atoms with Gasteiger partial charge in [-0.1, -0.05) is 36.4 Å². The van der Waals surface area contributed by atoms with Gasteiger partial charge in [0.15, 0.2) is 11.8 Å². The minimum absolute atomic E-state index is 0.143. The SMILES string of the molecule is CN1C(=O)C(=Cc2ccccc2OCC(=O)Nc2ccccc2)SC1=Nc1ccc(N2CCOCC2)cc1. The van der Waals surface area contributed by atoms with Gasteiger partial charge in [0.05, 0.1) is 23.8 Å². The second-order valence-electron chi connectivity index (χ2n) is 8.73. The lowest BCUT2D eigenvalue weighted by atomic mass is 10.2. The molecule has 0 radical (unpaired) electrons. The molecule has 2 aliphatic heterocycles. The van der Waals surface area contributed by atoms with Crippen molar-refractivity contribution in [3.05, 3.63) is 89.3 Å². The number of thioether (sulfide) groups is 1. The van der Waals surface area contributed by atoms with E-state index in [2.05, 4.69) is 10.2 Å². The third-order valence-electron chi connectivity index (χ3n) is 6.08. The monoisotopic (exact) mass is 528 g/mol. The van der Waals surface area contributed by atoms with Gasteiger partial charge in [0.25, 0.3) is 11.8 Å². The number of benzene rings is 3. The predicted molar refractivity (Wildman–Crippen MR) is 152 cm³/mol. The van der Waals surface area contributed by atoms with Crippen LogP contribution in [0.1, 0.15) is 5.56 Å². The predicted octanol–water partition coefficient (Wildman–Crippen LogP) is 4.77. The Morgan fingerprint density at radius 2 is 1.74 bits per heavy atom. The van der Waals surface area contributed by atoms with Crippen LogP contribution in [0.5, 0.6) is 5.75 Å². The summed E-state index contributed by atoms with van der Waals surface area (Å²) in [5.74, 6) is 0.109. The molecule has 0 atom stereocenters. The molecule has 2 saturated heterocycles. The normalized spacial score (nSPS) is 17.8. The van der Waals surface area contributed by atoms with E-state index in [4.69, 9.17) is 14.5 Å². The molecule has 3 aromatic carbocycles. The summed E-state index contributed by atoms with van der Waals surface area (Å²) < 4.78 is 11.2. The molecule has 2 aliphatic rings. The number of para-hydroxylation sites is 2. The third kappa shape index (κ3) is 6.24. The lowest BCUT2D eigenvalue weighted by Crippen LogP contribution is -2.36. The first-order valence-corrected chi connectivity index (χ1v) is 13.1. The quantitative estimate of drug-likeness (QED) is 0.445. The van der Waals surface area contributed by atoms with Gasteiger partial charge in [0.1, 0.15) is 5.75 Å². The van der Waals surface area contributed by atoms with Gasteiger partial charge < -0.3 is 19.7 Å². The van der Waals surface area contributed by atoms with Crippen LogP contribution in [0, 0.1) is 0 Å². The number of likely N-dealkylation sites (N-methyl/N-ethyl adjacent to an activating group) is 1. The maximum atomic E-state index is 13.0. The molecule has 8 nitrogen and oxygen atoms in total. The zero-order valence-corrected chi connectivity index (χ0v) is 21.8. The standard InChI is InChI=1S/C29H28N4O4S/c1-32-28(35)26(38-29(32)31-23-11-13-24(14-12-23)33-15-17-36-18-16-33)19-21-7-5-6-10-25(21)37-20-27(34)30-22-8-3-2-4-9-22/h2-14,19H,15-18,20H2,1H3,(H,30,34). The van der Waals surface area contributed by atoms with E-state index >= 15 is 0 Å². The van der Waals surface area contributed by atoms with Crippen molar-refractivity contribution in [1.82, 2.24) is 4.90 Å². The molecule has 2 amide bonds. The van der Waals surface area contributed by atoms with Gasteiger partial charge in [-0.15, -0.1) is 0 Å². The van der Waals surface area contributed by atoms with Crippen molar-refractivity contribution in [1.29, 1.82) is 0 Å². The Morgan fingerprint density at radius 3 is 2.50 bits per heavy atom. The van der Waals surface area contributed by atoms with Gasteiger partial charge in [-0.3, -0.25) is 14.5 Å². The van der Waals surface area contributed by atoms with Gasteiger partial charge >= 0.3 is 0 Å². The van der Waals surface area contributed by atoms with Gasteiger partial charge in [-0.05, 0) is 60.3 Å². The summed E-state index contributed by atoms with van der Waals surface area (Å²) in [5.41, 5.74) is 3.32. The Kier molecular flexibility index (Phi) is 8.06. The average molecular weight is 529 g/mol. The van der Waals surface area contributed by atoms with Crippen molar-refractivity contribution in [3.8, 4) is 5.75 Å². The molecule has 0 unspecified atom stereocenters. The van der Waals surface area contributed by atoms with E-state index in [0.29, 0.717) is 27.1 Å². The highest BCUT2D eigenvalue weighted by Crippen LogP contribution is 2.35. The van der Waals surface area contributed by atoms with Crippen LogP contribution in [-0.2, 0) is 14.3 Å². The van der Waals surface area contributed by atoms with E-state index in [1.54, 1.807) is 24.1 Å². The van der Waals surface area contributed by atoms with E-state index in [-0.39, 0.29) is 18.4 Å². The third-order valence-corrected chi connectivity index (χ3v) is 7.14. The van der Waals surface area contributed by atoms with Crippen molar-refractivity contribution in [2.45, 2.75) is 0 Å². The molecule has 38 heavy (non-hydrogen) atoms. The van der Waals surface area contributed by atoms with E-state index in [1.807, 2.05) is 72.8 Å². The van der Waals surface area contributed by atoms with E-state index in [1.165, 1.54) is 11.8 Å². The molecular formula is C29H28N4O4S. The molecule has 0 aromatic heterocycles. The Bertz CT molecular complexity index is 1350. The van der Waals surface area contributed by atoms with Crippen LogP contribution in [0.15, 0.2) is 88.8 Å². The van der Waals surface area contributed by atoms with Crippen molar-refractivity contribution < 1.29 is 19.1 Å². The lowest BCUT2D eigenvalue weighted by molar-refractivity contribution is -0.121. The van der Waals surface area contributed by atoms with Crippen LogP contribution in [0.3, 0.4) is 0 Å². The molecule has 0 aliphatic carbocycles. The Labute approximate surface area is 225 Å². The number of anilines is 2. The van der Waals surface area contributed by atoms with Gasteiger partial charge in [0.2, 0.25) is 0 Å². The minimum atomic E-state index is -0.265.